The summed E-state index contributed by atoms with van der Waals surface area (Å²) in [5, 5.41) is 33.5. The Morgan fingerprint density at radius 2 is 2.26 bits per heavy atom. The lowest BCUT2D eigenvalue weighted by molar-refractivity contribution is -0.0432. The van der Waals surface area contributed by atoms with Gasteiger partial charge in [-0.1, -0.05) is 12.2 Å². The number of anilines is 1. The van der Waals surface area contributed by atoms with Crippen LogP contribution in [0.15, 0.2) is 58.2 Å². The number of fused-ring (bicyclic) bond motifs is 2. The molecule has 5 rings (SSSR count). The lowest BCUT2D eigenvalue weighted by atomic mass is 9.98. The first-order chi connectivity index (χ1) is 15.0. The van der Waals surface area contributed by atoms with Crippen LogP contribution in [0.5, 0.6) is 0 Å². The summed E-state index contributed by atoms with van der Waals surface area (Å²) in [6.45, 7) is -0.323. The van der Waals surface area contributed by atoms with E-state index in [9.17, 15) is 20.2 Å². The number of aromatic nitrogens is 4. The Labute approximate surface area is 175 Å². The first-order valence-electron chi connectivity index (χ1n) is 9.70. The van der Waals surface area contributed by atoms with E-state index in [-0.39, 0.29) is 30.1 Å². The van der Waals surface area contributed by atoms with Gasteiger partial charge in [0.25, 0.3) is 5.56 Å². The fourth-order valence-corrected chi connectivity index (χ4v) is 3.91. The Hall–Kier alpha value is -3.45. The summed E-state index contributed by atoms with van der Waals surface area (Å²) in [6, 6.07) is 0. The summed E-state index contributed by atoms with van der Waals surface area (Å²) >= 11 is 0. The van der Waals surface area contributed by atoms with Crippen LogP contribution in [0.25, 0.3) is 11.2 Å². The van der Waals surface area contributed by atoms with E-state index in [1.54, 1.807) is 6.08 Å². The smallest absolute Gasteiger partial charge is 0.280 e. The summed E-state index contributed by atoms with van der Waals surface area (Å²) in [5.74, 6) is 0.0958. The Morgan fingerprint density at radius 3 is 3.03 bits per heavy atom. The molecule has 4 heterocycles. The van der Waals surface area contributed by atoms with Gasteiger partial charge in [0, 0.05) is 12.0 Å². The summed E-state index contributed by atoms with van der Waals surface area (Å²) in [6.07, 6.45) is 6.89. The molecule has 0 spiro atoms. The third kappa shape index (κ3) is 3.21. The van der Waals surface area contributed by atoms with E-state index in [0.717, 1.165) is 10.6 Å². The Morgan fingerprint density at radius 1 is 1.42 bits per heavy atom. The number of H-pyrrole nitrogens is 1. The molecule has 12 nitrogen and oxygen atoms in total. The maximum Gasteiger partial charge on any atom is 0.280 e. The topological polar surface area (TPSA) is 175 Å². The molecule has 0 amide bonds. The van der Waals surface area contributed by atoms with Crippen LogP contribution in [0.2, 0.25) is 0 Å². The number of nitrogens with zero attached hydrogens (tertiary/aromatic N) is 4. The van der Waals surface area contributed by atoms with Gasteiger partial charge in [0.15, 0.2) is 11.2 Å². The number of aliphatic hydroxyl groups excluding tert-OH is 2. The minimum Gasteiger partial charge on any atom is -0.397 e. The van der Waals surface area contributed by atoms with E-state index in [1.807, 2.05) is 12.2 Å². The molecule has 162 valence electrons. The zero-order valence-corrected chi connectivity index (χ0v) is 16.3. The summed E-state index contributed by atoms with van der Waals surface area (Å²) in [7, 11) is 0. The molecule has 0 aromatic carbocycles. The van der Waals surface area contributed by atoms with Crippen molar-refractivity contribution in [2.24, 2.45) is 5.73 Å². The third-order valence-electron chi connectivity index (χ3n) is 5.51. The highest BCUT2D eigenvalue weighted by Crippen LogP contribution is 2.32. The van der Waals surface area contributed by atoms with E-state index in [0.29, 0.717) is 23.5 Å². The second-order valence-corrected chi connectivity index (χ2v) is 7.44. The molecule has 1 saturated heterocycles. The van der Waals surface area contributed by atoms with Crippen LogP contribution in [0, 0.1) is 0 Å². The SMILES string of the molecule is NC1=C2CC=CC=C2N(O)C=C1Nc1nc2c(ncn2C2CC(O)C(CO)O2)c(=O)[nH]1. The van der Waals surface area contributed by atoms with E-state index in [4.69, 9.17) is 10.5 Å². The van der Waals surface area contributed by atoms with Crippen LogP contribution in [-0.2, 0) is 4.74 Å². The first kappa shape index (κ1) is 19.5. The van der Waals surface area contributed by atoms with Crippen LogP contribution >= 0.6 is 0 Å². The van der Waals surface area contributed by atoms with Crippen LogP contribution < -0.4 is 16.6 Å². The van der Waals surface area contributed by atoms with Gasteiger partial charge in [-0.25, -0.2) is 10.0 Å². The number of ether oxygens (including phenoxy) is 1. The molecule has 3 unspecified atom stereocenters. The summed E-state index contributed by atoms with van der Waals surface area (Å²) in [5.41, 5.74) is 8.25. The van der Waals surface area contributed by atoms with Crippen molar-refractivity contribution < 1.29 is 20.2 Å². The van der Waals surface area contributed by atoms with Crippen LogP contribution in [0.3, 0.4) is 0 Å². The Kier molecular flexibility index (Phi) is 4.63. The largest absolute Gasteiger partial charge is 0.397 e. The van der Waals surface area contributed by atoms with Crippen molar-refractivity contribution in [3.8, 4) is 0 Å². The average molecular weight is 427 g/mol. The van der Waals surface area contributed by atoms with Crippen molar-refractivity contribution in [1.82, 2.24) is 24.6 Å². The van der Waals surface area contributed by atoms with Crippen LogP contribution in [0.1, 0.15) is 19.1 Å². The number of rotatable bonds is 4. The molecule has 0 saturated carbocycles. The van der Waals surface area contributed by atoms with Crippen LogP contribution in [-0.4, -0.2) is 58.8 Å². The highest BCUT2D eigenvalue weighted by molar-refractivity contribution is 5.71. The zero-order valence-electron chi connectivity index (χ0n) is 16.3. The maximum atomic E-state index is 12.5. The fraction of sp³-hybridized carbons (Fsp3) is 0.316. The van der Waals surface area contributed by atoms with Gasteiger partial charge in [-0.3, -0.25) is 19.6 Å². The third-order valence-corrected chi connectivity index (χ3v) is 5.51. The molecule has 1 fully saturated rings. The van der Waals surface area contributed by atoms with Gasteiger partial charge in [0.1, 0.15) is 12.3 Å². The first-order valence-corrected chi connectivity index (χ1v) is 9.70. The van der Waals surface area contributed by atoms with Gasteiger partial charge in [-0.05, 0) is 12.5 Å². The molecule has 1 aliphatic carbocycles. The van der Waals surface area contributed by atoms with Crippen molar-refractivity contribution >= 4 is 17.1 Å². The van der Waals surface area contributed by atoms with E-state index < -0.39 is 24.0 Å². The number of nitrogens with two attached hydrogens (primary N) is 1. The van der Waals surface area contributed by atoms with Crippen LogP contribution in [0.4, 0.5) is 5.95 Å². The number of hydrogen-bond donors (Lipinski definition) is 6. The molecule has 12 heteroatoms. The zero-order chi connectivity index (χ0) is 21.7. The van der Waals surface area contributed by atoms with Crippen molar-refractivity contribution in [1.29, 1.82) is 0 Å². The van der Waals surface area contributed by atoms with E-state index in [2.05, 4.69) is 20.3 Å². The summed E-state index contributed by atoms with van der Waals surface area (Å²) < 4.78 is 7.19. The van der Waals surface area contributed by atoms with Gasteiger partial charge >= 0.3 is 0 Å². The molecular formula is C19H21N7O5. The van der Waals surface area contributed by atoms with Gasteiger partial charge in [0.05, 0.1) is 42.3 Å². The Balaban J connectivity index is 1.49. The van der Waals surface area contributed by atoms with Gasteiger partial charge in [-0.2, -0.15) is 4.98 Å². The molecule has 2 aliphatic heterocycles. The molecule has 7 N–H and O–H groups in total. The van der Waals surface area contributed by atoms with Gasteiger partial charge < -0.3 is 26.0 Å². The molecule has 3 atom stereocenters. The van der Waals surface area contributed by atoms with Crippen molar-refractivity contribution in [3.05, 3.63) is 63.8 Å². The predicted octanol–water partition coefficient (Wildman–Crippen LogP) is -0.225. The average Bonchev–Trinajstić information content (AvgIpc) is 3.35. The number of hydroxylamine groups is 2. The highest BCUT2D eigenvalue weighted by Gasteiger charge is 2.35. The molecule has 2 aromatic heterocycles. The molecular weight excluding hydrogens is 406 g/mol. The normalized spacial score (nSPS) is 25.6. The number of allylic oxidation sites excluding steroid dienone is 4. The monoisotopic (exact) mass is 427 g/mol. The minimum atomic E-state index is -0.840. The molecule has 3 aliphatic rings. The molecule has 2 aromatic rings. The fourth-order valence-electron chi connectivity index (χ4n) is 3.91. The molecule has 31 heavy (non-hydrogen) atoms. The number of aromatic amines is 1. The number of imidazole rings is 1. The lowest BCUT2D eigenvalue weighted by Gasteiger charge is -2.28. The number of hydrogen-bond acceptors (Lipinski definition) is 10. The minimum absolute atomic E-state index is 0.0958. The van der Waals surface area contributed by atoms with Crippen molar-refractivity contribution in [3.63, 3.8) is 0 Å². The lowest BCUT2D eigenvalue weighted by Crippen LogP contribution is -2.27. The predicted molar refractivity (Wildman–Crippen MR) is 108 cm³/mol. The quantitative estimate of drug-likeness (QED) is 0.382. The standard InChI is InChI=1S/C19H21N7O5/c20-15-9-3-1-2-4-11(9)26(30)6-10(15)22-19-23-17-16(18(29)24-19)21-8-25(17)14-5-12(28)13(7-27)31-14/h1-2,4,6,8,12-14,27-28,30H,3,5,7,20H2,(H2,22,23,24,29). The van der Waals surface area contributed by atoms with Crippen molar-refractivity contribution in [2.45, 2.75) is 31.3 Å². The molecule has 0 bridgehead atoms. The summed E-state index contributed by atoms with van der Waals surface area (Å²) in [4.78, 5) is 23.7. The highest BCUT2D eigenvalue weighted by atomic mass is 16.5. The van der Waals surface area contributed by atoms with Gasteiger partial charge in [0.2, 0.25) is 5.95 Å². The second kappa shape index (κ2) is 7.35. The number of aliphatic hydroxyl groups is 2. The molecule has 0 radical (unpaired) electrons. The van der Waals surface area contributed by atoms with Crippen molar-refractivity contribution in [2.75, 3.05) is 11.9 Å². The van der Waals surface area contributed by atoms with Gasteiger partial charge in [-0.15, -0.1) is 0 Å². The second-order valence-electron chi connectivity index (χ2n) is 7.44. The number of nitrogens with one attached hydrogen (secondary N) is 2. The maximum absolute atomic E-state index is 12.5. The van der Waals surface area contributed by atoms with E-state index in [1.165, 1.54) is 17.1 Å². The Bertz CT molecular complexity index is 1220. The van der Waals surface area contributed by atoms with E-state index >= 15 is 0 Å².